The third kappa shape index (κ3) is 3.45. The number of hydrogen-bond donors (Lipinski definition) is 0. The van der Waals surface area contributed by atoms with Crippen molar-refractivity contribution in [2.24, 2.45) is 5.16 Å². The Morgan fingerprint density at radius 1 is 1.12 bits per heavy atom. The topological polar surface area (TPSA) is 51.9 Å². The van der Waals surface area contributed by atoms with Gasteiger partial charge in [0.15, 0.2) is 5.84 Å². The smallest absolute Gasteiger partial charge is 0.234 e. The molecule has 2 aliphatic heterocycles. The molecule has 1 saturated heterocycles. The molecular formula is C26H28N4O2. The van der Waals surface area contributed by atoms with Gasteiger partial charge in [-0.25, -0.2) is 4.98 Å². The first-order valence-electron chi connectivity index (χ1n) is 11.0. The lowest BCUT2D eigenvalue weighted by molar-refractivity contribution is -0.0912. The number of aryl methyl sites for hydroxylation is 2. The van der Waals surface area contributed by atoms with Crippen LogP contribution in [0.25, 0.3) is 11.8 Å². The molecule has 6 nitrogen and oxygen atoms in total. The van der Waals surface area contributed by atoms with Gasteiger partial charge >= 0.3 is 0 Å². The minimum atomic E-state index is -0.580. The molecule has 2 aliphatic rings. The fourth-order valence-corrected chi connectivity index (χ4v) is 4.48. The number of piperidine rings is 1. The Kier molecular flexibility index (Phi) is 5.00. The fraction of sp³-hybridized carbons (Fsp3) is 0.308. The van der Waals surface area contributed by atoms with Crippen LogP contribution in [0.3, 0.4) is 0 Å². The van der Waals surface area contributed by atoms with Crippen LogP contribution in [0.4, 0.5) is 0 Å². The highest BCUT2D eigenvalue weighted by atomic mass is 16.7. The Hall–Kier alpha value is -3.54. The van der Waals surface area contributed by atoms with Crippen LogP contribution < -0.4 is 4.74 Å². The van der Waals surface area contributed by atoms with Gasteiger partial charge < -0.3 is 19.0 Å². The molecule has 0 amide bonds. The van der Waals surface area contributed by atoms with Crippen molar-refractivity contribution in [3.8, 4) is 11.4 Å². The highest BCUT2D eigenvalue weighted by molar-refractivity contribution is 6.03. The van der Waals surface area contributed by atoms with Crippen molar-refractivity contribution in [1.29, 1.82) is 0 Å². The molecule has 32 heavy (non-hydrogen) atoms. The average Bonchev–Trinajstić information content (AvgIpc) is 3.39. The first kappa shape index (κ1) is 20.4. The number of oxime groups is 1. The van der Waals surface area contributed by atoms with Crippen LogP contribution in [0, 0.1) is 13.8 Å². The normalized spacial score (nSPS) is 21.3. The minimum absolute atomic E-state index is 0.580. The number of amidine groups is 1. The molecule has 5 rings (SSSR count). The van der Waals surface area contributed by atoms with Crippen molar-refractivity contribution < 1.29 is 9.57 Å². The largest absolute Gasteiger partial charge is 0.495 e. The molecule has 1 atom stereocenters. The summed E-state index contributed by atoms with van der Waals surface area (Å²) in [5.41, 5.74) is 5.96. The Bertz CT molecular complexity index is 1210. The molecule has 3 aromatic rings. The van der Waals surface area contributed by atoms with Gasteiger partial charge in [0.1, 0.15) is 5.75 Å². The zero-order valence-electron chi connectivity index (χ0n) is 19.0. The molecule has 1 unspecified atom stereocenters. The van der Waals surface area contributed by atoms with Crippen LogP contribution in [0.1, 0.15) is 42.1 Å². The van der Waals surface area contributed by atoms with Gasteiger partial charge in [0.2, 0.25) is 5.72 Å². The van der Waals surface area contributed by atoms with Gasteiger partial charge in [-0.1, -0.05) is 41.1 Å². The predicted molar refractivity (Wildman–Crippen MR) is 126 cm³/mol. The lowest BCUT2D eigenvalue weighted by atomic mass is 9.95. The van der Waals surface area contributed by atoms with Gasteiger partial charge in [-0.15, -0.1) is 0 Å². The van der Waals surface area contributed by atoms with E-state index in [0.29, 0.717) is 0 Å². The zero-order chi connectivity index (χ0) is 22.3. The van der Waals surface area contributed by atoms with Crippen LogP contribution in [-0.2, 0) is 10.6 Å². The van der Waals surface area contributed by atoms with E-state index in [-0.39, 0.29) is 0 Å². The summed E-state index contributed by atoms with van der Waals surface area (Å²) in [4.78, 5) is 12.7. The average molecular weight is 429 g/mol. The van der Waals surface area contributed by atoms with E-state index in [2.05, 4.69) is 77.4 Å². The molecule has 0 N–H and O–H groups in total. The van der Waals surface area contributed by atoms with E-state index < -0.39 is 5.72 Å². The second kappa shape index (κ2) is 7.86. The second-order valence-electron chi connectivity index (χ2n) is 8.63. The summed E-state index contributed by atoms with van der Waals surface area (Å²) in [5.74, 6) is 1.73. The van der Waals surface area contributed by atoms with Crippen molar-refractivity contribution >= 4 is 11.9 Å². The van der Waals surface area contributed by atoms with Crippen LogP contribution in [0.2, 0.25) is 0 Å². The maximum absolute atomic E-state index is 6.04. The van der Waals surface area contributed by atoms with Gasteiger partial charge in [-0.05, 0) is 56.0 Å². The van der Waals surface area contributed by atoms with Gasteiger partial charge in [-0.3, -0.25) is 0 Å². The molecule has 164 valence electrons. The molecule has 3 heterocycles. The summed E-state index contributed by atoms with van der Waals surface area (Å²) in [6, 6.07) is 14.7. The SMILES string of the molecule is COc1cc(C=C2CCCN3C2=NOC3(C)c2ccc(C)cc2)ccc1-n1cnc(C)c1. The number of hydrogen-bond acceptors (Lipinski definition) is 5. The molecule has 1 fully saturated rings. The van der Waals surface area contributed by atoms with Crippen molar-refractivity contribution in [2.75, 3.05) is 13.7 Å². The number of imidazole rings is 1. The Morgan fingerprint density at radius 2 is 1.94 bits per heavy atom. The van der Waals surface area contributed by atoms with Gasteiger partial charge in [0.25, 0.3) is 0 Å². The highest BCUT2D eigenvalue weighted by Gasteiger charge is 2.45. The van der Waals surface area contributed by atoms with Crippen molar-refractivity contribution in [3.63, 3.8) is 0 Å². The molecule has 1 aromatic heterocycles. The summed E-state index contributed by atoms with van der Waals surface area (Å²) < 4.78 is 7.66. The molecular weight excluding hydrogens is 400 g/mol. The highest BCUT2D eigenvalue weighted by Crippen LogP contribution is 2.40. The van der Waals surface area contributed by atoms with Crippen molar-refractivity contribution in [3.05, 3.63) is 82.9 Å². The van der Waals surface area contributed by atoms with Gasteiger partial charge in [0.05, 0.1) is 24.8 Å². The number of fused-ring (bicyclic) bond motifs is 1. The summed E-state index contributed by atoms with van der Waals surface area (Å²) in [6.45, 7) is 7.09. The van der Waals surface area contributed by atoms with Crippen molar-refractivity contribution in [2.45, 2.75) is 39.3 Å². The lowest BCUT2D eigenvalue weighted by Crippen LogP contribution is -2.46. The van der Waals surface area contributed by atoms with Crippen LogP contribution in [0.5, 0.6) is 5.75 Å². The third-order valence-electron chi connectivity index (χ3n) is 6.32. The Morgan fingerprint density at radius 3 is 2.66 bits per heavy atom. The summed E-state index contributed by atoms with van der Waals surface area (Å²) >= 11 is 0. The van der Waals surface area contributed by atoms with Crippen LogP contribution >= 0.6 is 0 Å². The predicted octanol–water partition coefficient (Wildman–Crippen LogP) is 5.19. The fourth-order valence-electron chi connectivity index (χ4n) is 4.48. The zero-order valence-corrected chi connectivity index (χ0v) is 19.0. The summed E-state index contributed by atoms with van der Waals surface area (Å²) in [6.07, 6.45) is 8.01. The minimum Gasteiger partial charge on any atom is -0.495 e. The first-order valence-corrected chi connectivity index (χ1v) is 11.0. The number of nitrogens with zero attached hydrogens (tertiary/aromatic N) is 4. The monoisotopic (exact) mass is 428 g/mol. The lowest BCUT2D eigenvalue weighted by Gasteiger charge is -2.37. The number of methoxy groups -OCH3 is 1. The summed E-state index contributed by atoms with van der Waals surface area (Å²) in [5, 5.41) is 4.53. The van der Waals surface area contributed by atoms with Gasteiger partial charge in [-0.2, -0.15) is 0 Å². The Labute approximate surface area is 188 Å². The van der Waals surface area contributed by atoms with Crippen LogP contribution in [0.15, 0.2) is 65.7 Å². The number of ether oxygens (including phenoxy) is 1. The van der Waals surface area contributed by atoms with Crippen LogP contribution in [-0.4, -0.2) is 33.9 Å². The maximum Gasteiger partial charge on any atom is 0.234 e. The molecule has 0 spiro atoms. The second-order valence-corrected chi connectivity index (χ2v) is 8.63. The molecule has 0 saturated carbocycles. The van der Waals surface area contributed by atoms with E-state index in [4.69, 9.17) is 9.57 Å². The van der Waals surface area contributed by atoms with E-state index >= 15 is 0 Å². The van der Waals surface area contributed by atoms with E-state index in [0.717, 1.165) is 53.5 Å². The Balaban J connectivity index is 1.45. The van der Waals surface area contributed by atoms with Gasteiger partial charge in [0, 0.05) is 25.2 Å². The molecule has 0 aliphatic carbocycles. The number of rotatable bonds is 4. The quantitative estimate of drug-likeness (QED) is 0.574. The van der Waals surface area contributed by atoms with E-state index in [1.54, 1.807) is 13.4 Å². The third-order valence-corrected chi connectivity index (χ3v) is 6.32. The number of aromatic nitrogens is 2. The van der Waals surface area contributed by atoms with E-state index in [1.165, 1.54) is 11.1 Å². The number of benzene rings is 2. The molecule has 0 bridgehead atoms. The van der Waals surface area contributed by atoms with E-state index in [9.17, 15) is 0 Å². The molecule has 0 radical (unpaired) electrons. The first-order chi connectivity index (χ1) is 15.5. The molecule has 6 heteroatoms. The molecule has 2 aromatic carbocycles. The van der Waals surface area contributed by atoms with E-state index in [1.807, 2.05) is 17.7 Å². The van der Waals surface area contributed by atoms with Crippen molar-refractivity contribution in [1.82, 2.24) is 14.5 Å². The maximum atomic E-state index is 6.04. The standard InChI is InChI=1S/C26H28N4O2/c1-18-7-10-22(11-8-18)26(3)30-13-5-6-21(25(30)28-32-26)14-20-9-12-23(24(15-20)31-4)29-16-19(2)27-17-29/h7-12,14-17H,5-6,13H2,1-4H3. The summed E-state index contributed by atoms with van der Waals surface area (Å²) in [7, 11) is 1.70.